The summed E-state index contributed by atoms with van der Waals surface area (Å²) in [6, 6.07) is 4.12. The van der Waals surface area contributed by atoms with Gasteiger partial charge in [-0.3, -0.25) is 0 Å². The number of hydrogen-bond acceptors (Lipinski definition) is 3. The van der Waals surface area contributed by atoms with Crippen molar-refractivity contribution in [2.24, 2.45) is 0 Å². The number of rotatable bonds is 4. The van der Waals surface area contributed by atoms with Crippen molar-refractivity contribution in [3.05, 3.63) is 41.2 Å². The molecular formula is C16H19F2N3. The molecule has 0 amide bonds. The van der Waals surface area contributed by atoms with Crippen LogP contribution < -0.4 is 5.32 Å². The second-order valence-corrected chi connectivity index (χ2v) is 5.19. The molecule has 0 fully saturated rings. The molecule has 0 saturated carbocycles. The molecule has 1 aromatic carbocycles. The van der Waals surface area contributed by atoms with Gasteiger partial charge in [-0.1, -0.05) is 19.9 Å². The first-order valence-corrected chi connectivity index (χ1v) is 7.02. The molecule has 0 spiro atoms. The molecule has 112 valence electrons. The molecular weight excluding hydrogens is 272 g/mol. The standard InChI is InChI=1S/C16H19F2N3/c1-5-19-16-10(4)14(20-15(21-16)9(2)3)11-7-6-8-12(17)13(11)18/h6-9H,5H2,1-4H3,(H,19,20,21). The second-order valence-electron chi connectivity index (χ2n) is 5.19. The lowest BCUT2D eigenvalue weighted by atomic mass is 10.1. The Morgan fingerprint density at radius 3 is 2.52 bits per heavy atom. The molecule has 0 bridgehead atoms. The van der Waals surface area contributed by atoms with Gasteiger partial charge in [-0.15, -0.1) is 0 Å². The number of hydrogen-bond donors (Lipinski definition) is 1. The Bertz CT molecular complexity index is 654. The van der Waals surface area contributed by atoms with Gasteiger partial charge in [-0.2, -0.15) is 0 Å². The molecule has 0 saturated heterocycles. The van der Waals surface area contributed by atoms with Crippen LogP contribution in [0, 0.1) is 18.6 Å². The summed E-state index contributed by atoms with van der Waals surface area (Å²) in [4.78, 5) is 8.89. The zero-order valence-electron chi connectivity index (χ0n) is 12.7. The first-order valence-electron chi connectivity index (χ1n) is 7.02. The highest BCUT2D eigenvalue weighted by Gasteiger charge is 2.18. The lowest BCUT2D eigenvalue weighted by Crippen LogP contribution is -2.09. The van der Waals surface area contributed by atoms with Gasteiger partial charge >= 0.3 is 0 Å². The van der Waals surface area contributed by atoms with Crippen molar-refractivity contribution in [1.29, 1.82) is 0 Å². The fourth-order valence-corrected chi connectivity index (χ4v) is 2.08. The van der Waals surface area contributed by atoms with Gasteiger partial charge in [-0.05, 0) is 26.0 Å². The lowest BCUT2D eigenvalue weighted by Gasteiger charge is -2.15. The van der Waals surface area contributed by atoms with Crippen molar-refractivity contribution in [2.75, 3.05) is 11.9 Å². The summed E-state index contributed by atoms with van der Waals surface area (Å²) in [5.41, 5.74) is 1.31. The van der Waals surface area contributed by atoms with E-state index in [2.05, 4.69) is 15.3 Å². The molecule has 21 heavy (non-hydrogen) atoms. The van der Waals surface area contributed by atoms with Crippen molar-refractivity contribution >= 4 is 5.82 Å². The van der Waals surface area contributed by atoms with E-state index in [-0.39, 0.29) is 11.5 Å². The highest BCUT2D eigenvalue weighted by molar-refractivity contribution is 5.68. The number of aromatic nitrogens is 2. The van der Waals surface area contributed by atoms with Gasteiger partial charge in [0.15, 0.2) is 11.6 Å². The number of nitrogens with zero attached hydrogens (tertiary/aromatic N) is 2. The lowest BCUT2D eigenvalue weighted by molar-refractivity contribution is 0.510. The molecule has 0 aliphatic carbocycles. The van der Waals surface area contributed by atoms with E-state index in [0.29, 0.717) is 29.4 Å². The zero-order valence-corrected chi connectivity index (χ0v) is 12.7. The highest BCUT2D eigenvalue weighted by atomic mass is 19.2. The number of nitrogens with one attached hydrogen (secondary N) is 1. The monoisotopic (exact) mass is 291 g/mol. The van der Waals surface area contributed by atoms with Crippen LogP contribution >= 0.6 is 0 Å². The maximum atomic E-state index is 14.1. The predicted molar refractivity (Wildman–Crippen MR) is 80.4 cm³/mol. The Labute approximate surface area is 123 Å². The number of halogens is 2. The Hall–Kier alpha value is -2.04. The van der Waals surface area contributed by atoms with Crippen molar-refractivity contribution in [2.45, 2.75) is 33.6 Å². The molecule has 0 unspecified atom stereocenters. The van der Waals surface area contributed by atoms with Crippen LogP contribution in [-0.2, 0) is 0 Å². The van der Waals surface area contributed by atoms with Crippen molar-refractivity contribution in [3.63, 3.8) is 0 Å². The minimum atomic E-state index is -0.878. The molecule has 1 N–H and O–H groups in total. The smallest absolute Gasteiger partial charge is 0.168 e. The van der Waals surface area contributed by atoms with Crippen LogP contribution in [0.2, 0.25) is 0 Å². The van der Waals surface area contributed by atoms with Gasteiger partial charge in [0.2, 0.25) is 0 Å². The molecule has 3 nitrogen and oxygen atoms in total. The third kappa shape index (κ3) is 3.01. The topological polar surface area (TPSA) is 37.8 Å². The minimum absolute atomic E-state index is 0.0957. The number of anilines is 1. The highest BCUT2D eigenvalue weighted by Crippen LogP contribution is 2.30. The van der Waals surface area contributed by atoms with Gasteiger partial charge in [0.05, 0.1) is 5.69 Å². The van der Waals surface area contributed by atoms with E-state index in [9.17, 15) is 8.78 Å². The quantitative estimate of drug-likeness (QED) is 0.913. The molecule has 1 aromatic heterocycles. The largest absolute Gasteiger partial charge is 0.370 e. The molecule has 0 atom stereocenters. The minimum Gasteiger partial charge on any atom is -0.370 e. The summed E-state index contributed by atoms with van der Waals surface area (Å²) >= 11 is 0. The average Bonchev–Trinajstić information content (AvgIpc) is 2.44. The summed E-state index contributed by atoms with van der Waals surface area (Å²) in [6.45, 7) is 8.39. The van der Waals surface area contributed by atoms with E-state index in [1.807, 2.05) is 27.7 Å². The summed E-state index contributed by atoms with van der Waals surface area (Å²) in [6.07, 6.45) is 0. The van der Waals surface area contributed by atoms with Crippen LogP contribution in [0.1, 0.15) is 38.1 Å². The summed E-state index contributed by atoms with van der Waals surface area (Å²) in [5.74, 6) is -0.387. The Morgan fingerprint density at radius 1 is 1.19 bits per heavy atom. The van der Waals surface area contributed by atoms with Crippen molar-refractivity contribution in [3.8, 4) is 11.3 Å². The molecule has 2 rings (SSSR count). The molecule has 1 heterocycles. The van der Waals surface area contributed by atoms with E-state index in [0.717, 1.165) is 6.07 Å². The SMILES string of the molecule is CCNc1nc(C(C)C)nc(-c2cccc(F)c2F)c1C. The van der Waals surface area contributed by atoms with Crippen molar-refractivity contribution in [1.82, 2.24) is 9.97 Å². The van der Waals surface area contributed by atoms with E-state index in [1.165, 1.54) is 12.1 Å². The third-order valence-electron chi connectivity index (χ3n) is 3.23. The maximum Gasteiger partial charge on any atom is 0.168 e. The van der Waals surface area contributed by atoms with E-state index in [4.69, 9.17) is 0 Å². The summed E-state index contributed by atoms with van der Waals surface area (Å²) in [7, 11) is 0. The molecule has 5 heteroatoms. The maximum absolute atomic E-state index is 14.1. The summed E-state index contributed by atoms with van der Waals surface area (Å²) in [5, 5.41) is 3.15. The Balaban J connectivity index is 2.69. The van der Waals surface area contributed by atoms with Gasteiger partial charge in [0.1, 0.15) is 11.6 Å². The van der Waals surface area contributed by atoms with Crippen LogP contribution in [0.15, 0.2) is 18.2 Å². The Morgan fingerprint density at radius 2 is 1.90 bits per heavy atom. The average molecular weight is 291 g/mol. The first kappa shape index (κ1) is 15.4. The van der Waals surface area contributed by atoms with E-state index >= 15 is 0 Å². The van der Waals surface area contributed by atoms with Gasteiger partial charge in [0.25, 0.3) is 0 Å². The van der Waals surface area contributed by atoms with Crippen molar-refractivity contribution < 1.29 is 8.78 Å². The second kappa shape index (κ2) is 6.16. The fourth-order valence-electron chi connectivity index (χ4n) is 2.08. The first-order chi connectivity index (χ1) is 9.95. The molecule has 0 radical (unpaired) electrons. The van der Waals surface area contributed by atoms with E-state index < -0.39 is 11.6 Å². The molecule has 0 aliphatic heterocycles. The predicted octanol–water partition coefficient (Wildman–Crippen LogP) is 4.29. The third-order valence-corrected chi connectivity index (χ3v) is 3.23. The zero-order chi connectivity index (χ0) is 15.6. The summed E-state index contributed by atoms with van der Waals surface area (Å²) < 4.78 is 27.5. The van der Waals surface area contributed by atoms with Crippen LogP contribution in [-0.4, -0.2) is 16.5 Å². The van der Waals surface area contributed by atoms with Crippen LogP contribution in [0.3, 0.4) is 0 Å². The normalized spacial score (nSPS) is 11.0. The van der Waals surface area contributed by atoms with Crippen LogP contribution in [0.4, 0.5) is 14.6 Å². The van der Waals surface area contributed by atoms with Crippen LogP contribution in [0.25, 0.3) is 11.3 Å². The van der Waals surface area contributed by atoms with E-state index in [1.54, 1.807) is 0 Å². The van der Waals surface area contributed by atoms with Gasteiger partial charge < -0.3 is 5.32 Å². The molecule has 0 aliphatic rings. The van der Waals surface area contributed by atoms with Crippen LogP contribution in [0.5, 0.6) is 0 Å². The Kier molecular flexibility index (Phi) is 4.50. The number of benzene rings is 1. The van der Waals surface area contributed by atoms with Gasteiger partial charge in [0, 0.05) is 23.6 Å². The van der Waals surface area contributed by atoms with Gasteiger partial charge in [-0.25, -0.2) is 18.7 Å². The fraction of sp³-hybridized carbons (Fsp3) is 0.375. The molecule has 2 aromatic rings.